The van der Waals surface area contributed by atoms with Gasteiger partial charge in [-0.15, -0.1) is 10.2 Å². The van der Waals surface area contributed by atoms with Crippen molar-refractivity contribution in [2.45, 2.75) is 44.8 Å². The smallest absolute Gasteiger partial charge is 0.236 e. The Morgan fingerprint density at radius 2 is 1.67 bits per heavy atom. The Hall–Kier alpha value is -3.39. The molecule has 0 unspecified atom stereocenters. The molecule has 2 heterocycles. The van der Waals surface area contributed by atoms with Gasteiger partial charge >= 0.3 is 0 Å². The van der Waals surface area contributed by atoms with Crippen LogP contribution in [-0.4, -0.2) is 36.2 Å². The fraction of sp³-hybridized carbons (Fsp3) is 0.280. The molecule has 0 fully saturated rings. The van der Waals surface area contributed by atoms with Gasteiger partial charge in [-0.3, -0.25) is 4.79 Å². The van der Waals surface area contributed by atoms with Crippen LogP contribution < -0.4 is 5.32 Å². The van der Waals surface area contributed by atoms with Crippen molar-refractivity contribution in [3.8, 4) is 5.69 Å². The fourth-order valence-corrected chi connectivity index (χ4v) is 4.11. The number of hydrogen-bond donors (Lipinski definition) is 1. The van der Waals surface area contributed by atoms with Crippen LogP contribution in [0.3, 0.4) is 0 Å². The summed E-state index contributed by atoms with van der Waals surface area (Å²) in [4.78, 5) is 12.9. The second-order valence-corrected chi connectivity index (χ2v) is 9.79. The Kier molecular flexibility index (Phi) is 6.65. The van der Waals surface area contributed by atoms with Crippen molar-refractivity contribution >= 4 is 23.5 Å². The number of rotatable bonds is 7. The van der Waals surface area contributed by atoms with Gasteiger partial charge < -0.3 is 9.88 Å². The molecule has 2 aromatic heterocycles. The van der Waals surface area contributed by atoms with Crippen LogP contribution in [-0.2, 0) is 16.8 Å². The predicted octanol–water partition coefficient (Wildman–Crippen LogP) is 4.85. The van der Waals surface area contributed by atoms with E-state index in [1.54, 1.807) is 4.68 Å². The molecule has 0 atom stereocenters. The minimum Gasteiger partial charge on any atom is -0.310 e. The van der Waals surface area contributed by atoms with Gasteiger partial charge in [0.05, 0.1) is 23.7 Å². The Labute approximate surface area is 198 Å². The van der Waals surface area contributed by atoms with Crippen LogP contribution in [0.2, 0.25) is 0 Å². The standard InChI is InChI=1S/C25H28N6OS/c1-18-27-28-24(30(18)16-19-11-7-5-8-12-19)33-17-23(32)26-22-15-21(25(2,3)4)29-31(22)20-13-9-6-10-14-20/h5-15H,16-17H2,1-4H3,(H,26,32). The Morgan fingerprint density at radius 3 is 2.33 bits per heavy atom. The largest absolute Gasteiger partial charge is 0.310 e. The lowest BCUT2D eigenvalue weighted by atomic mass is 9.92. The number of nitrogens with one attached hydrogen (secondary N) is 1. The highest BCUT2D eigenvalue weighted by Crippen LogP contribution is 2.27. The molecular weight excluding hydrogens is 432 g/mol. The van der Waals surface area contributed by atoms with E-state index in [1.807, 2.05) is 66.1 Å². The first kappa shape index (κ1) is 22.8. The SMILES string of the molecule is Cc1nnc(SCC(=O)Nc2cc(C(C)(C)C)nn2-c2ccccc2)n1Cc1ccccc1. The van der Waals surface area contributed by atoms with Crippen LogP contribution in [0.15, 0.2) is 71.9 Å². The summed E-state index contributed by atoms with van der Waals surface area (Å²) in [5.74, 6) is 1.57. The zero-order valence-corrected chi connectivity index (χ0v) is 20.1. The first-order valence-electron chi connectivity index (χ1n) is 10.8. The number of amides is 1. The summed E-state index contributed by atoms with van der Waals surface area (Å²) < 4.78 is 3.81. The van der Waals surface area contributed by atoms with Gasteiger partial charge in [-0.25, -0.2) is 4.68 Å². The van der Waals surface area contributed by atoms with Crippen LogP contribution in [0, 0.1) is 6.92 Å². The summed E-state index contributed by atoms with van der Waals surface area (Å²) in [6.07, 6.45) is 0. The number of aromatic nitrogens is 5. The van der Waals surface area contributed by atoms with E-state index >= 15 is 0 Å². The van der Waals surface area contributed by atoms with Crippen molar-refractivity contribution in [1.29, 1.82) is 0 Å². The van der Waals surface area contributed by atoms with E-state index in [2.05, 4.69) is 48.4 Å². The molecule has 170 valence electrons. The van der Waals surface area contributed by atoms with E-state index < -0.39 is 0 Å². The normalized spacial score (nSPS) is 11.5. The van der Waals surface area contributed by atoms with Crippen molar-refractivity contribution in [2.24, 2.45) is 0 Å². The van der Waals surface area contributed by atoms with Crippen LogP contribution in [0.5, 0.6) is 0 Å². The predicted molar refractivity (Wildman–Crippen MR) is 132 cm³/mol. The van der Waals surface area contributed by atoms with Crippen molar-refractivity contribution in [3.63, 3.8) is 0 Å². The molecule has 1 amide bonds. The zero-order chi connectivity index (χ0) is 23.4. The van der Waals surface area contributed by atoms with Gasteiger partial charge in [0.15, 0.2) is 5.16 Å². The molecule has 0 bridgehead atoms. The average Bonchev–Trinajstić information content (AvgIpc) is 3.38. The topological polar surface area (TPSA) is 77.6 Å². The molecule has 33 heavy (non-hydrogen) atoms. The highest BCUT2D eigenvalue weighted by molar-refractivity contribution is 7.99. The number of thioether (sulfide) groups is 1. The quantitative estimate of drug-likeness (QED) is 0.399. The number of nitrogens with zero attached hydrogens (tertiary/aromatic N) is 5. The first-order chi connectivity index (χ1) is 15.8. The van der Waals surface area contributed by atoms with Crippen LogP contribution in [0.4, 0.5) is 5.82 Å². The molecular formula is C25H28N6OS. The molecule has 1 N–H and O–H groups in total. The minimum atomic E-state index is -0.139. The second-order valence-electron chi connectivity index (χ2n) is 8.85. The summed E-state index contributed by atoms with van der Waals surface area (Å²) in [6, 6.07) is 21.9. The number of hydrogen-bond acceptors (Lipinski definition) is 5. The molecule has 0 spiro atoms. The first-order valence-corrected chi connectivity index (χ1v) is 11.8. The van der Waals surface area contributed by atoms with E-state index in [9.17, 15) is 4.79 Å². The van der Waals surface area contributed by atoms with Gasteiger partial charge in [0.25, 0.3) is 0 Å². The Bertz CT molecular complexity index is 1230. The molecule has 4 rings (SSSR count). The number of carbonyl (C=O) groups excluding carboxylic acids is 1. The van der Waals surface area contributed by atoms with Gasteiger partial charge in [0, 0.05) is 11.5 Å². The number of anilines is 1. The highest BCUT2D eigenvalue weighted by atomic mass is 32.2. The molecule has 0 saturated heterocycles. The van der Waals surface area contributed by atoms with E-state index in [0.717, 1.165) is 27.9 Å². The van der Waals surface area contributed by atoms with Crippen molar-refractivity contribution in [3.05, 3.63) is 83.8 Å². The van der Waals surface area contributed by atoms with Gasteiger partial charge in [-0.1, -0.05) is 81.1 Å². The molecule has 0 saturated carbocycles. The molecule has 0 aliphatic rings. The number of benzene rings is 2. The minimum absolute atomic E-state index is 0.121. The maximum Gasteiger partial charge on any atom is 0.236 e. The summed E-state index contributed by atoms with van der Waals surface area (Å²) in [7, 11) is 0. The van der Waals surface area contributed by atoms with Crippen LogP contribution in [0.25, 0.3) is 5.69 Å². The van der Waals surface area contributed by atoms with E-state index in [-0.39, 0.29) is 17.1 Å². The lowest BCUT2D eigenvalue weighted by Gasteiger charge is -2.14. The van der Waals surface area contributed by atoms with Gasteiger partial charge in [-0.2, -0.15) is 5.10 Å². The number of carbonyl (C=O) groups is 1. The number of para-hydroxylation sites is 1. The fourth-order valence-electron chi connectivity index (χ4n) is 3.33. The van der Waals surface area contributed by atoms with Gasteiger partial charge in [-0.05, 0) is 24.6 Å². The third kappa shape index (κ3) is 5.51. The van der Waals surface area contributed by atoms with Gasteiger partial charge in [0.2, 0.25) is 5.91 Å². The van der Waals surface area contributed by atoms with E-state index in [4.69, 9.17) is 5.10 Å². The molecule has 8 heteroatoms. The maximum absolute atomic E-state index is 12.9. The monoisotopic (exact) mass is 460 g/mol. The van der Waals surface area contributed by atoms with Crippen molar-refractivity contribution < 1.29 is 4.79 Å². The Balaban J connectivity index is 1.49. The van der Waals surface area contributed by atoms with E-state index in [1.165, 1.54) is 11.8 Å². The lowest BCUT2D eigenvalue weighted by molar-refractivity contribution is -0.113. The second kappa shape index (κ2) is 9.62. The maximum atomic E-state index is 12.9. The average molecular weight is 461 g/mol. The summed E-state index contributed by atoms with van der Waals surface area (Å²) >= 11 is 1.38. The van der Waals surface area contributed by atoms with E-state index in [0.29, 0.717) is 12.4 Å². The van der Waals surface area contributed by atoms with Crippen molar-refractivity contribution in [1.82, 2.24) is 24.5 Å². The zero-order valence-electron chi connectivity index (χ0n) is 19.3. The molecule has 0 aliphatic heterocycles. The summed E-state index contributed by atoms with van der Waals surface area (Å²) in [6.45, 7) is 8.90. The molecule has 0 aliphatic carbocycles. The Morgan fingerprint density at radius 1 is 1.00 bits per heavy atom. The number of aryl methyl sites for hydroxylation is 1. The molecule has 7 nitrogen and oxygen atoms in total. The van der Waals surface area contributed by atoms with Crippen molar-refractivity contribution in [2.75, 3.05) is 11.1 Å². The lowest BCUT2D eigenvalue weighted by Crippen LogP contribution is -2.17. The molecule has 4 aromatic rings. The molecule has 2 aromatic carbocycles. The van der Waals surface area contributed by atoms with Gasteiger partial charge in [0.1, 0.15) is 11.6 Å². The highest BCUT2D eigenvalue weighted by Gasteiger charge is 2.22. The summed E-state index contributed by atoms with van der Waals surface area (Å²) in [5, 5.41) is 17.0. The summed E-state index contributed by atoms with van der Waals surface area (Å²) in [5.41, 5.74) is 2.83. The third-order valence-electron chi connectivity index (χ3n) is 5.16. The van der Waals surface area contributed by atoms with Crippen LogP contribution in [0.1, 0.15) is 37.9 Å². The van der Waals surface area contributed by atoms with Crippen LogP contribution >= 0.6 is 11.8 Å². The molecule has 0 radical (unpaired) electrons. The third-order valence-corrected chi connectivity index (χ3v) is 6.13.